The minimum Gasteiger partial charge on any atom is -0.481 e. The smallest absolute Gasteiger partial charge is 0.220 e. The van der Waals surface area contributed by atoms with Crippen molar-refractivity contribution in [2.45, 2.75) is 31.5 Å². The molecule has 0 aromatic carbocycles. The van der Waals surface area contributed by atoms with Gasteiger partial charge in [-0.3, -0.25) is 0 Å². The minimum absolute atomic E-state index is 0.374. The van der Waals surface area contributed by atoms with Crippen molar-refractivity contribution in [1.82, 2.24) is 9.97 Å². The monoisotopic (exact) mass is 302 g/mol. The molecule has 5 heteroatoms. The first kappa shape index (κ1) is 14.2. The molecule has 96 valence electrons. The predicted octanol–water partition coefficient (Wildman–Crippen LogP) is 2.85. The molecule has 0 aliphatic carbocycles. The Morgan fingerprint density at radius 2 is 1.71 bits per heavy atom. The molecule has 0 radical (unpaired) electrons. The Morgan fingerprint density at radius 3 is 2.12 bits per heavy atom. The molecule has 0 saturated heterocycles. The van der Waals surface area contributed by atoms with Gasteiger partial charge in [-0.15, -0.1) is 0 Å². The van der Waals surface area contributed by atoms with Gasteiger partial charge < -0.3 is 9.47 Å². The second-order valence-corrected chi connectivity index (χ2v) is 5.59. The van der Waals surface area contributed by atoms with Crippen LogP contribution in [0, 0.1) is 5.92 Å². The van der Waals surface area contributed by atoms with Crippen molar-refractivity contribution in [3.05, 3.63) is 11.9 Å². The molecular formula is C12H19BrN2O2. The van der Waals surface area contributed by atoms with Crippen LogP contribution in [0.4, 0.5) is 0 Å². The van der Waals surface area contributed by atoms with E-state index in [1.807, 2.05) is 0 Å². The van der Waals surface area contributed by atoms with Gasteiger partial charge in [0.15, 0.2) is 0 Å². The molecule has 1 heterocycles. The lowest BCUT2D eigenvalue weighted by Crippen LogP contribution is -2.10. The molecule has 4 nitrogen and oxygen atoms in total. The average Bonchev–Trinajstić information content (AvgIpc) is 2.27. The maximum Gasteiger partial charge on any atom is 0.220 e. The van der Waals surface area contributed by atoms with E-state index in [1.165, 1.54) is 0 Å². The summed E-state index contributed by atoms with van der Waals surface area (Å²) in [5, 5.41) is 0. The summed E-state index contributed by atoms with van der Waals surface area (Å²) >= 11 is 3.65. The van der Waals surface area contributed by atoms with Gasteiger partial charge in [0.05, 0.1) is 20.3 Å². The van der Waals surface area contributed by atoms with Crippen molar-refractivity contribution >= 4 is 15.9 Å². The summed E-state index contributed by atoms with van der Waals surface area (Å²) < 4.78 is 10.2. The molecule has 17 heavy (non-hydrogen) atoms. The lowest BCUT2D eigenvalue weighted by atomic mass is 10.1. The number of halogens is 1. The number of methoxy groups -OCH3 is 2. The summed E-state index contributed by atoms with van der Waals surface area (Å²) in [6, 6.07) is 1.68. The summed E-state index contributed by atoms with van der Waals surface area (Å²) in [5.74, 6) is 2.46. The normalized spacial score (nSPS) is 12.6. The van der Waals surface area contributed by atoms with Crippen molar-refractivity contribution in [3.63, 3.8) is 0 Å². The Hall–Kier alpha value is -0.840. The number of ether oxygens (including phenoxy) is 2. The number of nitrogens with zero attached hydrogens (tertiary/aromatic N) is 2. The van der Waals surface area contributed by atoms with Crippen molar-refractivity contribution in [1.29, 1.82) is 0 Å². The van der Waals surface area contributed by atoms with Crippen LogP contribution >= 0.6 is 15.9 Å². The van der Waals surface area contributed by atoms with E-state index < -0.39 is 0 Å². The summed E-state index contributed by atoms with van der Waals surface area (Å²) in [6.45, 7) is 4.39. The zero-order chi connectivity index (χ0) is 12.8. The van der Waals surface area contributed by atoms with Gasteiger partial charge in [0, 0.05) is 11.2 Å². The molecule has 1 atom stereocenters. The van der Waals surface area contributed by atoms with E-state index in [0.717, 1.165) is 18.7 Å². The zero-order valence-electron chi connectivity index (χ0n) is 10.7. The SMILES string of the molecule is COc1cc(OC)nc(CC(Br)CC(C)C)n1. The van der Waals surface area contributed by atoms with Crippen LogP contribution in [0.2, 0.25) is 0 Å². The second-order valence-electron chi connectivity index (χ2n) is 4.30. The van der Waals surface area contributed by atoms with Crippen molar-refractivity contribution in [2.24, 2.45) is 5.92 Å². The van der Waals surface area contributed by atoms with Gasteiger partial charge in [0.25, 0.3) is 0 Å². The predicted molar refractivity (Wildman–Crippen MR) is 71.0 cm³/mol. The molecule has 0 amide bonds. The van der Waals surface area contributed by atoms with Crippen LogP contribution in [-0.4, -0.2) is 29.0 Å². The third-order valence-corrected chi connectivity index (χ3v) is 2.97. The molecule has 0 spiro atoms. The number of hydrogen-bond donors (Lipinski definition) is 0. The molecule has 1 unspecified atom stereocenters. The van der Waals surface area contributed by atoms with Crippen molar-refractivity contribution < 1.29 is 9.47 Å². The first-order valence-corrected chi connectivity index (χ1v) is 6.56. The third-order valence-electron chi connectivity index (χ3n) is 2.27. The first-order chi connectivity index (χ1) is 8.05. The van der Waals surface area contributed by atoms with Gasteiger partial charge in [0.2, 0.25) is 11.8 Å². The van der Waals surface area contributed by atoms with E-state index in [2.05, 4.69) is 39.7 Å². The lowest BCUT2D eigenvalue weighted by Gasteiger charge is -2.12. The van der Waals surface area contributed by atoms with Crippen LogP contribution in [0.25, 0.3) is 0 Å². The number of hydrogen-bond acceptors (Lipinski definition) is 4. The Labute approximate surface area is 111 Å². The number of alkyl halides is 1. The second kappa shape index (κ2) is 6.79. The van der Waals surface area contributed by atoms with E-state index in [0.29, 0.717) is 22.5 Å². The van der Waals surface area contributed by atoms with Crippen LogP contribution in [-0.2, 0) is 6.42 Å². The van der Waals surface area contributed by atoms with Crippen LogP contribution < -0.4 is 9.47 Å². The first-order valence-electron chi connectivity index (χ1n) is 5.65. The highest BCUT2D eigenvalue weighted by Crippen LogP contribution is 2.20. The molecule has 0 aliphatic heterocycles. The molecule has 0 fully saturated rings. The molecule has 0 bridgehead atoms. The van der Waals surface area contributed by atoms with Gasteiger partial charge in [0.1, 0.15) is 5.82 Å². The molecule has 0 aliphatic rings. The maximum absolute atomic E-state index is 5.11. The molecule has 1 rings (SSSR count). The Balaban J connectivity index is 2.75. The third kappa shape index (κ3) is 4.89. The summed E-state index contributed by atoms with van der Waals surface area (Å²) in [6.07, 6.45) is 1.86. The summed E-state index contributed by atoms with van der Waals surface area (Å²) in [5.41, 5.74) is 0. The maximum atomic E-state index is 5.11. The molecular weight excluding hydrogens is 284 g/mol. The summed E-state index contributed by atoms with van der Waals surface area (Å²) in [4.78, 5) is 8.98. The van der Waals surface area contributed by atoms with Gasteiger partial charge >= 0.3 is 0 Å². The van der Waals surface area contributed by atoms with E-state index in [4.69, 9.17) is 9.47 Å². The summed E-state index contributed by atoms with van der Waals surface area (Å²) in [7, 11) is 3.18. The topological polar surface area (TPSA) is 44.2 Å². The molecule has 1 aromatic heterocycles. The number of rotatable bonds is 6. The largest absolute Gasteiger partial charge is 0.481 e. The van der Waals surface area contributed by atoms with Gasteiger partial charge in [-0.05, 0) is 12.3 Å². The minimum atomic E-state index is 0.374. The van der Waals surface area contributed by atoms with Crippen LogP contribution in [0.1, 0.15) is 26.1 Å². The van der Waals surface area contributed by atoms with E-state index in [9.17, 15) is 0 Å². The highest BCUT2D eigenvalue weighted by molar-refractivity contribution is 9.09. The highest BCUT2D eigenvalue weighted by Gasteiger charge is 2.12. The fourth-order valence-electron chi connectivity index (χ4n) is 1.54. The molecule has 1 aromatic rings. The van der Waals surface area contributed by atoms with E-state index >= 15 is 0 Å². The van der Waals surface area contributed by atoms with Crippen LogP contribution in [0.5, 0.6) is 11.8 Å². The Morgan fingerprint density at radius 1 is 1.18 bits per heavy atom. The lowest BCUT2D eigenvalue weighted by molar-refractivity contribution is 0.367. The van der Waals surface area contributed by atoms with E-state index in [1.54, 1.807) is 20.3 Å². The van der Waals surface area contributed by atoms with Crippen molar-refractivity contribution in [2.75, 3.05) is 14.2 Å². The fourth-order valence-corrected chi connectivity index (χ4v) is 2.58. The quantitative estimate of drug-likeness (QED) is 0.758. The standard InChI is InChI=1S/C12H19BrN2O2/c1-8(2)5-9(13)6-10-14-11(16-3)7-12(15-10)17-4/h7-9H,5-6H2,1-4H3. The molecule has 0 saturated carbocycles. The van der Waals surface area contributed by atoms with Gasteiger partial charge in [-0.2, -0.15) is 9.97 Å². The van der Waals surface area contributed by atoms with Gasteiger partial charge in [-0.25, -0.2) is 0 Å². The Kier molecular flexibility index (Phi) is 5.68. The molecule has 0 N–H and O–H groups in total. The fraction of sp³-hybridized carbons (Fsp3) is 0.667. The van der Waals surface area contributed by atoms with Crippen LogP contribution in [0.15, 0.2) is 6.07 Å². The van der Waals surface area contributed by atoms with Gasteiger partial charge in [-0.1, -0.05) is 29.8 Å². The highest BCUT2D eigenvalue weighted by atomic mass is 79.9. The van der Waals surface area contributed by atoms with E-state index in [-0.39, 0.29) is 0 Å². The van der Waals surface area contributed by atoms with Crippen molar-refractivity contribution in [3.8, 4) is 11.8 Å². The zero-order valence-corrected chi connectivity index (χ0v) is 12.3. The Bertz CT molecular complexity index is 336. The number of aromatic nitrogens is 2. The average molecular weight is 303 g/mol. The van der Waals surface area contributed by atoms with Crippen LogP contribution in [0.3, 0.4) is 0 Å².